The zero-order valence-corrected chi connectivity index (χ0v) is 11.4. The van der Waals surface area contributed by atoms with Gasteiger partial charge in [-0.15, -0.1) is 0 Å². The van der Waals surface area contributed by atoms with Crippen molar-refractivity contribution in [2.45, 2.75) is 13.3 Å². The SMILES string of the molecule is CCOC(=O)N(CCc1ccccc1)C(=N)[Se]. The van der Waals surface area contributed by atoms with E-state index in [-0.39, 0.29) is 4.73 Å². The van der Waals surface area contributed by atoms with Crippen molar-refractivity contribution in [3.8, 4) is 0 Å². The maximum atomic E-state index is 11.5. The molecule has 1 amide bonds. The Morgan fingerprint density at radius 1 is 1.41 bits per heavy atom. The summed E-state index contributed by atoms with van der Waals surface area (Å²) in [5, 5.41) is 7.50. The van der Waals surface area contributed by atoms with Crippen molar-refractivity contribution in [3.63, 3.8) is 0 Å². The number of carbonyl (C=O) groups is 1. The molecule has 17 heavy (non-hydrogen) atoms. The van der Waals surface area contributed by atoms with E-state index in [0.717, 1.165) is 5.56 Å². The topological polar surface area (TPSA) is 53.4 Å². The summed E-state index contributed by atoms with van der Waals surface area (Å²) in [6.07, 6.45) is 0.219. The molecule has 0 spiro atoms. The van der Waals surface area contributed by atoms with E-state index < -0.39 is 6.09 Å². The molecule has 0 fully saturated rings. The molecule has 0 atom stereocenters. The first-order valence-electron chi connectivity index (χ1n) is 5.39. The van der Waals surface area contributed by atoms with E-state index in [1.807, 2.05) is 30.3 Å². The van der Waals surface area contributed by atoms with Crippen molar-refractivity contribution < 1.29 is 9.53 Å². The van der Waals surface area contributed by atoms with Crippen LogP contribution in [0.2, 0.25) is 0 Å². The Balaban J connectivity index is 2.56. The first-order chi connectivity index (χ1) is 8.15. The minimum atomic E-state index is -0.479. The van der Waals surface area contributed by atoms with Gasteiger partial charge >= 0.3 is 109 Å². The van der Waals surface area contributed by atoms with Crippen LogP contribution in [0.25, 0.3) is 0 Å². The molecule has 0 saturated heterocycles. The van der Waals surface area contributed by atoms with E-state index in [2.05, 4.69) is 16.0 Å². The molecule has 1 N–H and O–H groups in total. The summed E-state index contributed by atoms with van der Waals surface area (Å²) < 4.78 is 4.96. The van der Waals surface area contributed by atoms with E-state index in [4.69, 9.17) is 10.1 Å². The number of nitrogens with zero attached hydrogens (tertiary/aromatic N) is 1. The number of hydrogen-bond acceptors (Lipinski definition) is 3. The predicted molar refractivity (Wildman–Crippen MR) is 67.4 cm³/mol. The number of benzene rings is 1. The second-order valence-corrected chi connectivity index (χ2v) is 4.20. The molecule has 91 valence electrons. The van der Waals surface area contributed by atoms with Crippen LogP contribution in [0.5, 0.6) is 0 Å². The van der Waals surface area contributed by atoms with Crippen LogP contribution in [0.1, 0.15) is 12.5 Å². The molecule has 0 aliphatic rings. The van der Waals surface area contributed by atoms with Gasteiger partial charge in [-0.2, -0.15) is 0 Å². The van der Waals surface area contributed by atoms with Gasteiger partial charge in [-0.3, -0.25) is 0 Å². The van der Waals surface area contributed by atoms with Crippen LogP contribution in [0, 0.1) is 5.41 Å². The van der Waals surface area contributed by atoms with Crippen LogP contribution in [-0.4, -0.2) is 44.9 Å². The van der Waals surface area contributed by atoms with Gasteiger partial charge < -0.3 is 0 Å². The Labute approximate surface area is 109 Å². The maximum absolute atomic E-state index is 11.5. The minimum absolute atomic E-state index is 0.0828. The first-order valence-corrected chi connectivity index (χ1v) is 6.24. The van der Waals surface area contributed by atoms with E-state index in [0.29, 0.717) is 19.6 Å². The second-order valence-electron chi connectivity index (χ2n) is 3.39. The van der Waals surface area contributed by atoms with Gasteiger partial charge in [0.25, 0.3) is 0 Å². The molecule has 0 bridgehead atoms. The summed E-state index contributed by atoms with van der Waals surface area (Å²) in [5.74, 6) is 0. The van der Waals surface area contributed by atoms with E-state index in [1.54, 1.807) is 6.92 Å². The number of carbonyl (C=O) groups excluding carboxylic acids is 1. The van der Waals surface area contributed by atoms with Crippen molar-refractivity contribution >= 4 is 26.8 Å². The number of amides is 1. The van der Waals surface area contributed by atoms with Gasteiger partial charge in [0, 0.05) is 0 Å². The number of ether oxygens (including phenoxy) is 1. The van der Waals surface area contributed by atoms with Gasteiger partial charge in [0.1, 0.15) is 0 Å². The van der Waals surface area contributed by atoms with Crippen molar-refractivity contribution in [1.29, 1.82) is 5.41 Å². The molecule has 1 aromatic carbocycles. The Bertz CT molecular complexity index is 381. The quantitative estimate of drug-likeness (QED) is 0.523. The molecule has 0 aliphatic carbocycles. The second kappa shape index (κ2) is 7.09. The molecular weight excluding hydrogens is 283 g/mol. The van der Waals surface area contributed by atoms with Gasteiger partial charge in [-0.1, -0.05) is 0 Å². The normalized spacial score (nSPS) is 9.71. The van der Waals surface area contributed by atoms with Crippen LogP contribution in [0.4, 0.5) is 4.79 Å². The number of amidine groups is 1. The molecule has 0 heterocycles. The first kappa shape index (κ1) is 13.7. The number of hydrogen-bond donors (Lipinski definition) is 1. The van der Waals surface area contributed by atoms with E-state index in [9.17, 15) is 4.79 Å². The summed E-state index contributed by atoms with van der Waals surface area (Å²) in [7, 11) is 0. The fraction of sp³-hybridized carbons (Fsp3) is 0.333. The molecule has 1 radical (unpaired) electrons. The Morgan fingerprint density at radius 2 is 2.06 bits per heavy atom. The summed E-state index contributed by atoms with van der Waals surface area (Å²) in [6, 6.07) is 9.84. The van der Waals surface area contributed by atoms with Gasteiger partial charge in [0.2, 0.25) is 0 Å². The zero-order valence-electron chi connectivity index (χ0n) is 9.68. The molecule has 1 rings (SSSR count). The Hall–Kier alpha value is -1.32. The van der Waals surface area contributed by atoms with Crippen LogP contribution in [0.15, 0.2) is 30.3 Å². The molecule has 1 aromatic rings. The standard InChI is InChI=1S/C12H15N2O2Se/c1-2-16-12(15)14(11(13)17)9-8-10-6-4-3-5-7-10/h3-7,13H,2,8-9H2,1H3. The van der Waals surface area contributed by atoms with Crippen LogP contribution < -0.4 is 0 Å². The van der Waals surface area contributed by atoms with Gasteiger partial charge in [-0.05, 0) is 0 Å². The fourth-order valence-electron chi connectivity index (χ4n) is 1.36. The van der Waals surface area contributed by atoms with E-state index in [1.165, 1.54) is 4.90 Å². The molecule has 0 aromatic heterocycles. The summed E-state index contributed by atoms with van der Waals surface area (Å²) in [4.78, 5) is 12.8. The zero-order chi connectivity index (χ0) is 12.7. The Morgan fingerprint density at radius 3 is 2.59 bits per heavy atom. The van der Waals surface area contributed by atoms with E-state index >= 15 is 0 Å². The third kappa shape index (κ3) is 4.59. The molecular formula is C12H15N2O2Se. The summed E-state index contributed by atoms with van der Waals surface area (Å²) in [6.45, 7) is 2.50. The number of nitrogens with one attached hydrogen (secondary N) is 1. The van der Waals surface area contributed by atoms with Crippen molar-refractivity contribution in [1.82, 2.24) is 4.90 Å². The molecule has 0 unspecified atom stereocenters. The average molecular weight is 298 g/mol. The van der Waals surface area contributed by atoms with Crippen molar-refractivity contribution in [2.75, 3.05) is 13.2 Å². The third-order valence-electron chi connectivity index (χ3n) is 2.20. The average Bonchev–Trinajstić information content (AvgIpc) is 2.30. The Kier molecular flexibility index (Phi) is 5.73. The predicted octanol–water partition coefficient (Wildman–Crippen LogP) is 1.79. The summed E-state index contributed by atoms with van der Waals surface area (Å²) in [5.41, 5.74) is 1.13. The fourth-order valence-corrected chi connectivity index (χ4v) is 1.71. The monoisotopic (exact) mass is 299 g/mol. The van der Waals surface area contributed by atoms with Gasteiger partial charge in [0.05, 0.1) is 0 Å². The third-order valence-corrected chi connectivity index (χ3v) is 2.66. The van der Waals surface area contributed by atoms with Crippen molar-refractivity contribution in [3.05, 3.63) is 35.9 Å². The molecule has 5 heteroatoms. The van der Waals surface area contributed by atoms with Crippen LogP contribution >= 0.6 is 0 Å². The van der Waals surface area contributed by atoms with Crippen LogP contribution in [0.3, 0.4) is 0 Å². The van der Waals surface area contributed by atoms with Crippen molar-refractivity contribution in [2.24, 2.45) is 0 Å². The van der Waals surface area contributed by atoms with Crippen LogP contribution in [-0.2, 0) is 11.2 Å². The van der Waals surface area contributed by atoms with Gasteiger partial charge in [-0.25, -0.2) is 0 Å². The summed E-state index contributed by atoms with van der Waals surface area (Å²) >= 11 is 2.52. The molecule has 4 nitrogen and oxygen atoms in total. The molecule has 0 aliphatic heterocycles. The number of rotatable bonds is 4. The van der Waals surface area contributed by atoms with Gasteiger partial charge in [0.15, 0.2) is 0 Å². The molecule has 0 saturated carbocycles.